The first-order valence-corrected chi connectivity index (χ1v) is 7.34. The highest BCUT2D eigenvalue weighted by atomic mass is 16.5. The number of likely N-dealkylation sites (N-methyl/N-ethyl adjacent to an activating group) is 1. The van der Waals surface area contributed by atoms with Crippen LogP contribution in [0.1, 0.15) is 38.5 Å². The molecule has 0 aliphatic carbocycles. The maximum Gasteiger partial charge on any atom is 0.0468 e. The molecular weight excluding hydrogens is 212 g/mol. The second-order valence-electron chi connectivity index (χ2n) is 5.75. The van der Waals surface area contributed by atoms with Crippen molar-refractivity contribution in [3.63, 3.8) is 0 Å². The molecule has 0 aromatic heterocycles. The summed E-state index contributed by atoms with van der Waals surface area (Å²) in [4.78, 5) is 2.51. The average Bonchev–Trinajstić information content (AvgIpc) is 2.39. The molecule has 2 aliphatic rings. The van der Waals surface area contributed by atoms with Crippen molar-refractivity contribution in [3.05, 3.63) is 0 Å². The van der Waals surface area contributed by atoms with E-state index in [1.54, 1.807) is 0 Å². The van der Waals surface area contributed by atoms with Gasteiger partial charge < -0.3 is 15.0 Å². The molecule has 17 heavy (non-hydrogen) atoms. The Balaban J connectivity index is 1.57. The summed E-state index contributed by atoms with van der Waals surface area (Å²) >= 11 is 0. The summed E-state index contributed by atoms with van der Waals surface area (Å²) in [6.45, 7) is 5.67. The lowest BCUT2D eigenvalue weighted by Gasteiger charge is -2.29. The number of ether oxygens (including phenoxy) is 1. The van der Waals surface area contributed by atoms with Crippen LogP contribution in [0.25, 0.3) is 0 Å². The summed E-state index contributed by atoms with van der Waals surface area (Å²) in [6, 6.07) is 0.739. The highest BCUT2D eigenvalue weighted by molar-refractivity contribution is 4.75. The second kappa shape index (κ2) is 7.34. The van der Waals surface area contributed by atoms with E-state index in [-0.39, 0.29) is 0 Å². The number of rotatable bonds is 5. The van der Waals surface area contributed by atoms with Crippen LogP contribution in [0, 0.1) is 5.92 Å². The molecule has 2 rings (SSSR count). The molecule has 0 bridgehead atoms. The van der Waals surface area contributed by atoms with E-state index in [1.807, 2.05) is 0 Å². The zero-order chi connectivity index (χ0) is 11.9. The Bertz CT molecular complexity index is 198. The molecule has 2 aliphatic heterocycles. The van der Waals surface area contributed by atoms with E-state index in [0.29, 0.717) is 0 Å². The van der Waals surface area contributed by atoms with Crippen LogP contribution in [-0.4, -0.2) is 50.8 Å². The van der Waals surface area contributed by atoms with Gasteiger partial charge in [0, 0.05) is 25.8 Å². The fourth-order valence-corrected chi connectivity index (χ4v) is 2.99. The van der Waals surface area contributed by atoms with Gasteiger partial charge in [-0.15, -0.1) is 0 Å². The molecule has 1 unspecified atom stereocenters. The summed E-state index contributed by atoms with van der Waals surface area (Å²) < 4.78 is 5.40. The van der Waals surface area contributed by atoms with Crippen molar-refractivity contribution in [2.24, 2.45) is 5.92 Å². The first-order chi connectivity index (χ1) is 8.34. The normalized spacial score (nSPS) is 27.5. The smallest absolute Gasteiger partial charge is 0.0468 e. The van der Waals surface area contributed by atoms with Gasteiger partial charge in [0.25, 0.3) is 0 Å². The van der Waals surface area contributed by atoms with Crippen LogP contribution in [0.4, 0.5) is 0 Å². The van der Waals surface area contributed by atoms with Crippen LogP contribution >= 0.6 is 0 Å². The van der Waals surface area contributed by atoms with Crippen molar-refractivity contribution < 1.29 is 4.74 Å². The van der Waals surface area contributed by atoms with E-state index in [0.717, 1.165) is 25.2 Å². The van der Waals surface area contributed by atoms with Gasteiger partial charge in [-0.3, -0.25) is 0 Å². The van der Waals surface area contributed by atoms with Gasteiger partial charge in [0.1, 0.15) is 0 Å². The maximum absolute atomic E-state index is 5.40. The Morgan fingerprint density at radius 3 is 2.71 bits per heavy atom. The zero-order valence-corrected chi connectivity index (χ0v) is 11.3. The summed E-state index contributed by atoms with van der Waals surface area (Å²) in [5.74, 6) is 0.908. The SMILES string of the molecule is CN(CCC1CCOCC1)CC1CCCCN1. The van der Waals surface area contributed by atoms with Crippen LogP contribution in [0.2, 0.25) is 0 Å². The van der Waals surface area contributed by atoms with Gasteiger partial charge in [0.15, 0.2) is 0 Å². The van der Waals surface area contributed by atoms with Gasteiger partial charge >= 0.3 is 0 Å². The summed E-state index contributed by atoms with van der Waals surface area (Å²) in [7, 11) is 2.27. The first kappa shape index (κ1) is 13.3. The fourth-order valence-electron chi connectivity index (χ4n) is 2.99. The van der Waals surface area contributed by atoms with Gasteiger partial charge in [-0.1, -0.05) is 6.42 Å². The molecule has 2 fully saturated rings. The number of piperidine rings is 1. The molecule has 1 atom stereocenters. The fraction of sp³-hybridized carbons (Fsp3) is 1.00. The van der Waals surface area contributed by atoms with E-state index in [1.165, 1.54) is 58.2 Å². The van der Waals surface area contributed by atoms with Crippen LogP contribution in [0.15, 0.2) is 0 Å². The number of hydrogen-bond acceptors (Lipinski definition) is 3. The van der Waals surface area contributed by atoms with E-state index in [2.05, 4.69) is 17.3 Å². The second-order valence-corrected chi connectivity index (χ2v) is 5.75. The Hall–Kier alpha value is -0.120. The van der Waals surface area contributed by atoms with Crippen LogP contribution in [0.5, 0.6) is 0 Å². The van der Waals surface area contributed by atoms with Gasteiger partial charge in [-0.05, 0) is 58.2 Å². The predicted octanol–water partition coefficient (Wildman–Crippen LogP) is 1.88. The van der Waals surface area contributed by atoms with Gasteiger partial charge in [0.05, 0.1) is 0 Å². The van der Waals surface area contributed by atoms with Crippen molar-refractivity contribution in [2.75, 3.05) is 39.9 Å². The van der Waals surface area contributed by atoms with Crippen molar-refractivity contribution in [3.8, 4) is 0 Å². The topological polar surface area (TPSA) is 24.5 Å². The third-order valence-corrected chi connectivity index (χ3v) is 4.20. The van der Waals surface area contributed by atoms with Crippen LogP contribution < -0.4 is 5.32 Å². The predicted molar refractivity (Wildman–Crippen MR) is 71.3 cm³/mol. The van der Waals surface area contributed by atoms with Gasteiger partial charge in [-0.25, -0.2) is 0 Å². The Labute approximate surface area is 106 Å². The molecule has 2 saturated heterocycles. The Morgan fingerprint density at radius 2 is 2.00 bits per heavy atom. The maximum atomic E-state index is 5.40. The third-order valence-electron chi connectivity index (χ3n) is 4.20. The third kappa shape index (κ3) is 4.94. The molecule has 2 heterocycles. The van der Waals surface area contributed by atoms with Crippen molar-refractivity contribution in [1.29, 1.82) is 0 Å². The molecule has 0 radical (unpaired) electrons. The first-order valence-electron chi connectivity index (χ1n) is 7.34. The minimum atomic E-state index is 0.739. The van der Waals surface area contributed by atoms with E-state index in [4.69, 9.17) is 4.74 Å². The van der Waals surface area contributed by atoms with Crippen LogP contribution in [-0.2, 0) is 4.74 Å². The summed E-state index contributed by atoms with van der Waals surface area (Å²) in [5, 5.41) is 3.63. The van der Waals surface area contributed by atoms with Crippen molar-refractivity contribution >= 4 is 0 Å². The summed E-state index contributed by atoms with van der Waals surface area (Å²) in [6.07, 6.45) is 8.03. The molecule has 100 valence electrons. The molecule has 3 heteroatoms. The number of nitrogens with zero attached hydrogens (tertiary/aromatic N) is 1. The Morgan fingerprint density at radius 1 is 1.18 bits per heavy atom. The van der Waals surface area contributed by atoms with Crippen molar-refractivity contribution in [1.82, 2.24) is 10.2 Å². The lowest BCUT2D eigenvalue weighted by molar-refractivity contribution is 0.0606. The highest BCUT2D eigenvalue weighted by Crippen LogP contribution is 2.18. The number of nitrogens with one attached hydrogen (secondary N) is 1. The standard InChI is InChI=1S/C14H28N2O/c1-16(12-14-4-2-3-8-15-14)9-5-13-6-10-17-11-7-13/h13-15H,2-12H2,1H3. The molecule has 0 saturated carbocycles. The van der Waals surface area contributed by atoms with Gasteiger partial charge in [-0.2, -0.15) is 0 Å². The monoisotopic (exact) mass is 240 g/mol. The minimum Gasteiger partial charge on any atom is -0.381 e. The molecule has 0 spiro atoms. The number of hydrogen-bond donors (Lipinski definition) is 1. The minimum absolute atomic E-state index is 0.739. The molecular formula is C14H28N2O. The van der Waals surface area contributed by atoms with E-state index < -0.39 is 0 Å². The lowest BCUT2D eigenvalue weighted by atomic mass is 9.96. The molecule has 3 nitrogen and oxygen atoms in total. The average molecular weight is 240 g/mol. The molecule has 0 aromatic rings. The van der Waals surface area contributed by atoms with E-state index in [9.17, 15) is 0 Å². The van der Waals surface area contributed by atoms with E-state index >= 15 is 0 Å². The molecule has 1 N–H and O–H groups in total. The lowest BCUT2D eigenvalue weighted by Crippen LogP contribution is -2.42. The van der Waals surface area contributed by atoms with Gasteiger partial charge in [0.2, 0.25) is 0 Å². The quantitative estimate of drug-likeness (QED) is 0.794. The highest BCUT2D eigenvalue weighted by Gasteiger charge is 2.17. The molecule has 0 amide bonds. The zero-order valence-electron chi connectivity index (χ0n) is 11.3. The van der Waals surface area contributed by atoms with Crippen molar-refractivity contribution in [2.45, 2.75) is 44.6 Å². The Kier molecular flexibility index (Phi) is 5.75. The van der Waals surface area contributed by atoms with Crippen LogP contribution in [0.3, 0.4) is 0 Å². The largest absolute Gasteiger partial charge is 0.381 e. The summed E-state index contributed by atoms with van der Waals surface area (Å²) in [5.41, 5.74) is 0. The molecule has 0 aromatic carbocycles.